The highest BCUT2D eigenvalue weighted by Crippen LogP contribution is 2.46. The Morgan fingerprint density at radius 3 is 2.70 bits per heavy atom. The maximum atomic E-state index is 13.2. The molecule has 2 N–H and O–H groups in total. The molecule has 33 heavy (non-hydrogen) atoms. The van der Waals surface area contributed by atoms with Crippen LogP contribution in [0.5, 0.6) is 11.5 Å². The molecule has 2 aromatic rings. The van der Waals surface area contributed by atoms with E-state index in [2.05, 4.69) is 28.7 Å². The van der Waals surface area contributed by atoms with Crippen LogP contribution in [0.2, 0.25) is 0 Å². The molecule has 6 nitrogen and oxygen atoms in total. The fourth-order valence-electron chi connectivity index (χ4n) is 4.08. The molecule has 0 bridgehead atoms. The Bertz CT molecular complexity index is 1200. The van der Waals surface area contributed by atoms with Gasteiger partial charge in [0.15, 0.2) is 17.3 Å². The summed E-state index contributed by atoms with van der Waals surface area (Å²) < 4.78 is 31.5. The van der Waals surface area contributed by atoms with Gasteiger partial charge in [0.1, 0.15) is 29.8 Å². The molecule has 0 saturated carbocycles. The summed E-state index contributed by atoms with van der Waals surface area (Å²) in [6.45, 7) is 2.49. The fourth-order valence-corrected chi connectivity index (χ4v) is 4.86. The van der Waals surface area contributed by atoms with Crippen LogP contribution in [0, 0.1) is 20.7 Å². The van der Waals surface area contributed by atoms with Crippen LogP contribution in [0.15, 0.2) is 59.2 Å². The van der Waals surface area contributed by atoms with Gasteiger partial charge in [0, 0.05) is 18.4 Å². The van der Waals surface area contributed by atoms with E-state index in [0.717, 1.165) is 9.13 Å². The molecule has 1 heterocycles. The number of allylic oxidation sites excluding steroid dienone is 3. The van der Waals surface area contributed by atoms with Crippen LogP contribution in [0.3, 0.4) is 0 Å². The normalized spacial score (nSPS) is 17.9. The molecule has 0 fully saturated rings. The average Bonchev–Trinajstić information content (AvgIpc) is 2.79. The minimum absolute atomic E-state index is 0.0283. The molecule has 2 aliphatic rings. The van der Waals surface area contributed by atoms with Crippen molar-refractivity contribution in [3.63, 3.8) is 0 Å². The van der Waals surface area contributed by atoms with E-state index in [9.17, 15) is 14.4 Å². The smallest absolute Gasteiger partial charge is 0.205 e. The number of carbonyl (C=O) groups is 1. The fraction of sp³-hybridized carbons (Fsp3) is 0.280. The van der Waals surface area contributed by atoms with E-state index in [1.807, 2.05) is 13.0 Å². The lowest BCUT2D eigenvalue weighted by molar-refractivity contribution is -0.116. The zero-order valence-corrected chi connectivity index (χ0v) is 20.1. The van der Waals surface area contributed by atoms with Crippen LogP contribution in [0.1, 0.15) is 43.2 Å². The van der Waals surface area contributed by atoms with Crippen molar-refractivity contribution in [3.8, 4) is 17.6 Å². The van der Waals surface area contributed by atoms with E-state index in [1.54, 1.807) is 18.2 Å². The number of halogens is 2. The number of hydrogen-bond donors (Lipinski definition) is 1. The molecule has 0 spiro atoms. The number of nitriles is 1. The van der Waals surface area contributed by atoms with E-state index in [-0.39, 0.29) is 29.7 Å². The molecule has 1 atom stereocenters. The number of benzene rings is 2. The van der Waals surface area contributed by atoms with Crippen molar-refractivity contribution < 1.29 is 23.4 Å². The molecule has 8 heteroatoms. The van der Waals surface area contributed by atoms with Crippen LogP contribution in [-0.2, 0) is 16.1 Å². The summed E-state index contributed by atoms with van der Waals surface area (Å²) in [5, 5.41) is 9.81. The summed E-state index contributed by atoms with van der Waals surface area (Å²) >= 11 is 2.15. The lowest BCUT2D eigenvalue weighted by atomic mass is 9.77. The Balaban J connectivity index is 1.75. The maximum Gasteiger partial charge on any atom is 0.205 e. The molecule has 1 unspecified atom stereocenters. The summed E-state index contributed by atoms with van der Waals surface area (Å²) in [6, 6.07) is 11.9. The van der Waals surface area contributed by atoms with E-state index < -0.39 is 5.92 Å². The van der Waals surface area contributed by atoms with Crippen LogP contribution >= 0.6 is 22.6 Å². The number of hydrogen-bond acceptors (Lipinski definition) is 6. The summed E-state index contributed by atoms with van der Waals surface area (Å²) in [7, 11) is 0. The van der Waals surface area contributed by atoms with Crippen molar-refractivity contribution in [2.75, 3.05) is 6.61 Å². The summed E-state index contributed by atoms with van der Waals surface area (Å²) in [4.78, 5) is 12.8. The first-order valence-corrected chi connectivity index (χ1v) is 11.7. The molecule has 1 aliphatic heterocycles. The highest BCUT2D eigenvalue weighted by atomic mass is 127. The molecule has 0 radical (unpaired) electrons. The van der Waals surface area contributed by atoms with Crippen molar-refractivity contribution in [2.45, 2.75) is 38.7 Å². The van der Waals surface area contributed by atoms with Gasteiger partial charge in [0.05, 0.1) is 16.1 Å². The molecule has 0 saturated heterocycles. The number of nitrogens with two attached hydrogens (primary N) is 1. The van der Waals surface area contributed by atoms with Gasteiger partial charge in [0.25, 0.3) is 0 Å². The predicted octanol–water partition coefficient (Wildman–Crippen LogP) is 5.22. The van der Waals surface area contributed by atoms with Gasteiger partial charge >= 0.3 is 0 Å². The van der Waals surface area contributed by atoms with Crippen molar-refractivity contribution in [3.05, 3.63) is 79.7 Å². The SMILES string of the molecule is CCOc1cc(C2C(C#N)=C(N)OC3=C2C(=O)CCC3)cc(I)c1OCc1ccc(F)cc1. The first-order valence-electron chi connectivity index (χ1n) is 10.6. The first kappa shape index (κ1) is 23.1. The minimum Gasteiger partial charge on any atom is -0.490 e. The van der Waals surface area contributed by atoms with Gasteiger partial charge in [-0.3, -0.25) is 4.79 Å². The molecule has 2 aromatic carbocycles. The Kier molecular flexibility index (Phi) is 6.88. The predicted molar refractivity (Wildman–Crippen MR) is 128 cm³/mol. The Hall–Kier alpha value is -3.06. The van der Waals surface area contributed by atoms with E-state index in [1.165, 1.54) is 12.1 Å². The lowest BCUT2D eigenvalue weighted by Gasteiger charge is -2.31. The second-order valence-corrected chi connectivity index (χ2v) is 8.88. The third-order valence-corrected chi connectivity index (χ3v) is 6.37. The molecule has 1 aliphatic carbocycles. The summed E-state index contributed by atoms with van der Waals surface area (Å²) in [6.07, 6.45) is 1.70. The summed E-state index contributed by atoms with van der Waals surface area (Å²) in [5.41, 5.74) is 8.29. The van der Waals surface area contributed by atoms with Gasteiger partial charge in [-0.25, -0.2) is 4.39 Å². The van der Waals surface area contributed by atoms with E-state index in [0.29, 0.717) is 54.3 Å². The van der Waals surface area contributed by atoms with Gasteiger partial charge in [-0.15, -0.1) is 0 Å². The summed E-state index contributed by atoms with van der Waals surface area (Å²) in [5.74, 6) is 0.636. The van der Waals surface area contributed by atoms with E-state index in [4.69, 9.17) is 19.9 Å². The topological polar surface area (TPSA) is 94.6 Å². The monoisotopic (exact) mass is 560 g/mol. The number of Topliss-reactive ketones (excluding diaryl/α,β-unsaturated/α-hetero) is 1. The van der Waals surface area contributed by atoms with Crippen molar-refractivity contribution in [1.29, 1.82) is 5.26 Å². The van der Waals surface area contributed by atoms with Crippen LogP contribution < -0.4 is 15.2 Å². The van der Waals surface area contributed by atoms with Crippen molar-refractivity contribution in [2.24, 2.45) is 5.73 Å². The molecule has 0 aromatic heterocycles. The molecule has 170 valence electrons. The first-order chi connectivity index (χ1) is 15.9. The van der Waals surface area contributed by atoms with E-state index >= 15 is 0 Å². The largest absolute Gasteiger partial charge is 0.490 e. The number of rotatable bonds is 6. The second-order valence-electron chi connectivity index (χ2n) is 7.72. The van der Waals surface area contributed by atoms with Crippen molar-refractivity contribution in [1.82, 2.24) is 0 Å². The van der Waals surface area contributed by atoms with Crippen LogP contribution in [0.25, 0.3) is 0 Å². The van der Waals surface area contributed by atoms with Crippen LogP contribution in [0.4, 0.5) is 4.39 Å². The van der Waals surface area contributed by atoms with Gasteiger partial charge in [0.2, 0.25) is 5.88 Å². The number of nitrogens with zero attached hydrogens (tertiary/aromatic N) is 1. The molecule has 4 rings (SSSR count). The van der Waals surface area contributed by atoms with Gasteiger partial charge in [-0.05, 0) is 71.3 Å². The number of carbonyl (C=O) groups excluding carboxylic acids is 1. The van der Waals surface area contributed by atoms with Crippen molar-refractivity contribution >= 4 is 28.4 Å². The molecule has 0 amide bonds. The zero-order chi connectivity index (χ0) is 23.5. The Labute approximate surface area is 205 Å². The Morgan fingerprint density at radius 1 is 1.24 bits per heavy atom. The number of ether oxygens (including phenoxy) is 3. The average molecular weight is 560 g/mol. The standard InChI is InChI=1S/C25H22FIN2O4/c1-2-31-21-11-15(10-18(27)24(21)32-13-14-6-8-16(26)9-7-14)22-17(12-28)25(29)33-20-5-3-4-19(30)23(20)22/h6-11,22H,2-5,13,29H2,1H3. The third kappa shape index (κ3) is 4.69. The molecular weight excluding hydrogens is 538 g/mol. The van der Waals surface area contributed by atoms with Gasteiger partial charge in [-0.2, -0.15) is 5.26 Å². The zero-order valence-electron chi connectivity index (χ0n) is 18.0. The minimum atomic E-state index is -0.620. The second kappa shape index (κ2) is 9.83. The quantitative estimate of drug-likeness (QED) is 0.487. The number of ketones is 1. The third-order valence-electron chi connectivity index (χ3n) is 5.57. The highest BCUT2D eigenvalue weighted by Gasteiger charge is 2.38. The Morgan fingerprint density at radius 2 is 2.00 bits per heavy atom. The maximum absolute atomic E-state index is 13.2. The molecular formula is C25H22FIN2O4. The van der Waals surface area contributed by atoms with Gasteiger partial charge in [-0.1, -0.05) is 12.1 Å². The lowest BCUT2D eigenvalue weighted by Crippen LogP contribution is -2.27. The van der Waals surface area contributed by atoms with Crippen LogP contribution in [-0.4, -0.2) is 12.4 Å². The highest BCUT2D eigenvalue weighted by molar-refractivity contribution is 14.1. The van der Waals surface area contributed by atoms with Gasteiger partial charge < -0.3 is 19.9 Å².